The van der Waals surface area contributed by atoms with Gasteiger partial charge in [0.25, 0.3) is 0 Å². The van der Waals surface area contributed by atoms with Gasteiger partial charge in [0.2, 0.25) is 11.3 Å². The number of carbonyl (C=O) groups excluding carboxylic acids is 2. The topological polar surface area (TPSA) is 63.2 Å². The summed E-state index contributed by atoms with van der Waals surface area (Å²) in [5.41, 5.74) is -0.162. The molecule has 1 aromatic rings. The lowest BCUT2D eigenvalue weighted by Crippen LogP contribution is -2.19. The zero-order valence-corrected chi connectivity index (χ0v) is 10.2. The summed E-state index contributed by atoms with van der Waals surface area (Å²) in [4.78, 5) is 33.7. The average Bonchev–Trinajstić information content (AvgIpc) is 2.32. The molecule has 0 aliphatic rings. The molecule has 0 bridgehead atoms. The van der Waals surface area contributed by atoms with E-state index in [1.165, 1.54) is 13.0 Å². The third kappa shape index (κ3) is 3.58. The van der Waals surface area contributed by atoms with E-state index in [2.05, 4.69) is 21.2 Å². The van der Waals surface area contributed by atoms with E-state index in [1.807, 2.05) is 0 Å². The highest BCUT2D eigenvalue weighted by atomic mass is 79.9. The van der Waals surface area contributed by atoms with Gasteiger partial charge >= 0.3 is 0 Å². The molecule has 1 aromatic carbocycles. The maximum atomic E-state index is 11.6. The molecule has 0 aromatic heterocycles. The van der Waals surface area contributed by atoms with Crippen molar-refractivity contribution in [3.05, 3.63) is 39.0 Å². The summed E-state index contributed by atoms with van der Waals surface area (Å²) in [6, 6.07) is 6.38. The Balaban J connectivity index is 2.95. The van der Waals surface area contributed by atoms with Gasteiger partial charge in [-0.3, -0.25) is 14.4 Å². The zero-order valence-electron chi connectivity index (χ0n) is 8.62. The summed E-state index contributed by atoms with van der Waals surface area (Å²) in [5, 5.41) is 2.40. The third-order valence-corrected chi connectivity index (χ3v) is 2.39. The van der Waals surface area contributed by atoms with Crippen LogP contribution in [0.2, 0.25) is 0 Å². The van der Waals surface area contributed by atoms with Crippen LogP contribution in [0.5, 0.6) is 0 Å². The fraction of sp³-hybridized carbons (Fsp3) is 0.182. The molecule has 0 unspecified atom stereocenters. The molecule has 0 saturated carbocycles. The third-order valence-electron chi connectivity index (χ3n) is 1.76. The Hall–Kier alpha value is -1.49. The van der Waals surface area contributed by atoms with Crippen molar-refractivity contribution in [3.8, 4) is 0 Å². The molecule has 0 atom stereocenters. The maximum absolute atomic E-state index is 11.6. The Morgan fingerprint density at radius 1 is 1.31 bits per heavy atom. The Morgan fingerprint density at radius 2 is 1.94 bits per heavy atom. The van der Waals surface area contributed by atoms with Crippen LogP contribution in [0.3, 0.4) is 0 Å². The second-order valence-corrected chi connectivity index (χ2v) is 4.09. The molecule has 0 aliphatic carbocycles. The number of nitrogens with one attached hydrogen (secondary N) is 1. The summed E-state index contributed by atoms with van der Waals surface area (Å²) >= 11 is 3.09. The smallest absolute Gasteiger partial charge is 0.231 e. The summed E-state index contributed by atoms with van der Waals surface area (Å²) in [6.45, 7) is 1.32. The number of rotatable bonds is 3. The molecule has 0 heterocycles. The van der Waals surface area contributed by atoms with Crippen molar-refractivity contribution in [1.29, 1.82) is 0 Å². The van der Waals surface area contributed by atoms with Crippen LogP contribution >= 0.6 is 15.9 Å². The molecule has 0 saturated heterocycles. The number of amides is 1. The normalized spacial score (nSPS) is 9.62. The van der Waals surface area contributed by atoms with Crippen molar-refractivity contribution < 1.29 is 9.59 Å². The lowest BCUT2D eigenvalue weighted by atomic mass is 10.3. The van der Waals surface area contributed by atoms with Crippen molar-refractivity contribution in [2.45, 2.75) is 13.3 Å². The van der Waals surface area contributed by atoms with Gasteiger partial charge in [-0.15, -0.1) is 0 Å². The number of hydrogen-bond donors (Lipinski definition) is 1. The van der Waals surface area contributed by atoms with Gasteiger partial charge in [0.1, 0.15) is 5.78 Å². The summed E-state index contributed by atoms with van der Waals surface area (Å²) < 4.78 is 0.357. The van der Waals surface area contributed by atoms with Crippen LogP contribution in [0.15, 0.2) is 33.5 Å². The lowest BCUT2D eigenvalue weighted by Gasteiger charge is -2.00. The van der Waals surface area contributed by atoms with Crippen LogP contribution in [-0.2, 0) is 9.59 Å². The second-order valence-electron chi connectivity index (χ2n) is 3.24. The SMILES string of the molecule is CC(=O)CC(=O)Nc1ccccc(Br)c1=O. The van der Waals surface area contributed by atoms with E-state index in [4.69, 9.17) is 0 Å². The van der Waals surface area contributed by atoms with Crippen molar-refractivity contribution in [3.63, 3.8) is 0 Å². The summed E-state index contributed by atoms with van der Waals surface area (Å²) in [5.74, 6) is -0.730. The Kier molecular flexibility index (Phi) is 4.37. The molecule has 5 heteroatoms. The summed E-state index contributed by atoms with van der Waals surface area (Å²) in [7, 11) is 0. The predicted octanol–water partition coefficient (Wildman–Crippen LogP) is 1.73. The number of carbonyl (C=O) groups is 2. The van der Waals surface area contributed by atoms with Crippen LogP contribution in [0.25, 0.3) is 0 Å². The molecule has 0 radical (unpaired) electrons. The number of halogens is 1. The number of ketones is 1. The maximum Gasteiger partial charge on any atom is 0.231 e. The van der Waals surface area contributed by atoms with Gasteiger partial charge in [-0.2, -0.15) is 0 Å². The molecule has 0 spiro atoms. The van der Waals surface area contributed by atoms with Gasteiger partial charge in [-0.1, -0.05) is 12.1 Å². The van der Waals surface area contributed by atoms with E-state index in [0.29, 0.717) is 4.47 Å². The minimum Gasteiger partial charge on any atom is -0.322 e. The number of anilines is 1. The largest absolute Gasteiger partial charge is 0.322 e. The monoisotopic (exact) mass is 283 g/mol. The minimum atomic E-state index is -0.484. The molecular formula is C11H10BrNO3. The van der Waals surface area contributed by atoms with Gasteiger partial charge in [0.05, 0.1) is 16.6 Å². The fourth-order valence-electron chi connectivity index (χ4n) is 1.09. The first-order chi connectivity index (χ1) is 7.50. The Morgan fingerprint density at radius 3 is 2.56 bits per heavy atom. The zero-order chi connectivity index (χ0) is 12.1. The van der Waals surface area contributed by atoms with Gasteiger partial charge < -0.3 is 5.32 Å². The second kappa shape index (κ2) is 5.55. The quantitative estimate of drug-likeness (QED) is 0.860. The van der Waals surface area contributed by atoms with Crippen LogP contribution in [0.1, 0.15) is 13.3 Å². The minimum absolute atomic E-state index is 0.156. The van der Waals surface area contributed by atoms with Crippen molar-refractivity contribution in [2.24, 2.45) is 0 Å². The Bertz CT molecular complexity index is 485. The van der Waals surface area contributed by atoms with Crippen molar-refractivity contribution in [2.75, 3.05) is 5.32 Å². The molecule has 4 nitrogen and oxygen atoms in total. The number of Topliss-reactive ketones (excluding diaryl/α,β-unsaturated/α-hetero) is 1. The molecule has 1 rings (SSSR count). The van der Waals surface area contributed by atoms with Crippen LogP contribution in [-0.4, -0.2) is 11.7 Å². The molecule has 84 valence electrons. The first kappa shape index (κ1) is 12.6. The van der Waals surface area contributed by atoms with Crippen LogP contribution in [0, 0.1) is 0 Å². The van der Waals surface area contributed by atoms with Crippen LogP contribution < -0.4 is 10.7 Å². The first-order valence-corrected chi connectivity index (χ1v) is 5.38. The van der Waals surface area contributed by atoms with E-state index >= 15 is 0 Å². The number of hydrogen-bond acceptors (Lipinski definition) is 3. The molecule has 0 fully saturated rings. The highest BCUT2D eigenvalue weighted by Gasteiger charge is 2.08. The first-order valence-electron chi connectivity index (χ1n) is 4.59. The molecule has 1 N–H and O–H groups in total. The molecule has 1 amide bonds. The summed E-state index contributed by atoms with van der Waals surface area (Å²) in [6.07, 6.45) is -0.227. The standard InChI is InChI=1S/C11H10BrNO3/c1-7(14)6-10(15)13-9-5-3-2-4-8(12)11(9)16/h2-5H,6H2,1H3,(H,13,15,16). The van der Waals surface area contributed by atoms with E-state index in [-0.39, 0.29) is 23.3 Å². The van der Waals surface area contributed by atoms with Crippen molar-refractivity contribution in [1.82, 2.24) is 0 Å². The van der Waals surface area contributed by atoms with Gasteiger partial charge in [0, 0.05) is 0 Å². The predicted molar refractivity (Wildman–Crippen MR) is 64.3 cm³/mol. The van der Waals surface area contributed by atoms with Gasteiger partial charge in [-0.25, -0.2) is 0 Å². The molecular weight excluding hydrogens is 274 g/mol. The van der Waals surface area contributed by atoms with Crippen LogP contribution in [0.4, 0.5) is 5.69 Å². The van der Waals surface area contributed by atoms with E-state index in [1.54, 1.807) is 18.2 Å². The van der Waals surface area contributed by atoms with E-state index in [9.17, 15) is 14.4 Å². The Labute approximate surface area is 101 Å². The van der Waals surface area contributed by atoms with E-state index in [0.717, 1.165) is 0 Å². The molecule has 16 heavy (non-hydrogen) atoms. The lowest BCUT2D eigenvalue weighted by molar-refractivity contribution is -0.124. The van der Waals surface area contributed by atoms with E-state index < -0.39 is 5.91 Å². The highest BCUT2D eigenvalue weighted by molar-refractivity contribution is 9.10. The van der Waals surface area contributed by atoms with Gasteiger partial charge in [0.15, 0.2) is 0 Å². The fourth-order valence-corrected chi connectivity index (χ4v) is 1.46. The molecule has 0 aliphatic heterocycles. The van der Waals surface area contributed by atoms with Gasteiger partial charge in [-0.05, 0) is 35.0 Å². The van der Waals surface area contributed by atoms with Crippen molar-refractivity contribution >= 4 is 33.3 Å². The highest BCUT2D eigenvalue weighted by Crippen LogP contribution is 2.06. The average molecular weight is 284 g/mol.